The first-order valence-electron chi connectivity index (χ1n) is 14.2. The summed E-state index contributed by atoms with van der Waals surface area (Å²) >= 11 is 16.3. The molecule has 46 heavy (non-hydrogen) atoms. The zero-order chi connectivity index (χ0) is 34.1. The van der Waals surface area contributed by atoms with Crippen LogP contribution in [0.25, 0.3) is 0 Å². The van der Waals surface area contributed by atoms with E-state index in [2.05, 4.69) is 50.5 Å². The predicted octanol–water partition coefficient (Wildman–Crippen LogP) is -6.07. The van der Waals surface area contributed by atoms with Crippen LogP contribution in [0.4, 0.5) is 0 Å². The second-order valence-electron chi connectivity index (χ2n) is 11.3. The van der Waals surface area contributed by atoms with Gasteiger partial charge in [-0.05, 0) is 0 Å². The first-order valence-corrected chi connectivity index (χ1v) is 16.8. The maximum Gasteiger partial charge on any atom is 0.227 e. The summed E-state index contributed by atoms with van der Waals surface area (Å²) in [6, 6.07) is 0. The van der Waals surface area contributed by atoms with Crippen LogP contribution in [-0.2, 0) is 38.2 Å². The number of hydrogen-bond acceptors (Lipinski definition) is 22. The van der Waals surface area contributed by atoms with E-state index in [9.17, 15) is 51.1 Å². The molecule has 0 spiro atoms. The molecule has 0 saturated carbocycles. The Labute approximate surface area is 285 Å². The minimum Gasteiger partial charge on any atom is -0.388 e. The van der Waals surface area contributed by atoms with Crippen LogP contribution in [-0.4, -0.2) is 197 Å². The van der Waals surface area contributed by atoms with Gasteiger partial charge in [0.15, 0.2) is 25.0 Å². The number of thiol groups is 4. The van der Waals surface area contributed by atoms with Gasteiger partial charge in [0.25, 0.3) is 0 Å². The quantitative estimate of drug-likeness (QED) is 0.0503. The van der Waals surface area contributed by atoms with Gasteiger partial charge in [-0.25, -0.2) is 9.78 Å². The summed E-state index contributed by atoms with van der Waals surface area (Å²) < 4.78 is 33.6. The number of aliphatic hydroxyl groups is 10. The molecule has 4 rings (SSSR count). The molecule has 0 aromatic heterocycles. The van der Waals surface area contributed by atoms with E-state index in [1.807, 2.05) is 0 Å². The lowest BCUT2D eigenvalue weighted by molar-refractivity contribution is -0.444. The molecule has 4 fully saturated rings. The van der Waals surface area contributed by atoms with Crippen molar-refractivity contribution < 1.29 is 89.3 Å². The lowest BCUT2D eigenvalue weighted by Crippen LogP contribution is -2.64. The van der Waals surface area contributed by atoms with Crippen molar-refractivity contribution in [2.75, 3.05) is 29.6 Å². The summed E-state index contributed by atoms with van der Waals surface area (Å²) in [4.78, 5) is 10.6. The average Bonchev–Trinajstić information content (AvgIpc) is 3.28. The van der Waals surface area contributed by atoms with Crippen molar-refractivity contribution in [1.82, 2.24) is 0 Å². The number of ether oxygens (including phenoxy) is 6. The Balaban J connectivity index is 1.49. The fourth-order valence-corrected chi connectivity index (χ4v) is 6.60. The summed E-state index contributed by atoms with van der Waals surface area (Å²) in [5.41, 5.74) is 0. The van der Waals surface area contributed by atoms with Gasteiger partial charge in [-0.1, -0.05) is 0 Å². The van der Waals surface area contributed by atoms with E-state index >= 15 is 0 Å². The Morgan fingerprint density at radius 2 is 0.957 bits per heavy atom. The van der Waals surface area contributed by atoms with E-state index in [-0.39, 0.29) is 23.0 Å². The van der Waals surface area contributed by atoms with Crippen LogP contribution in [0.3, 0.4) is 0 Å². The molecule has 0 bridgehead atoms. The highest BCUT2D eigenvalue weighted by Crippen LogP contribution is 2.38. The van der Waals surface area contributed by atoms with Crippen molar-refractivity contribution in [1.29, 1.82) is 0 Å². The average molecular weight is 747 g/mol. The Hall–Kier alpha value is 0.680. The first-order chi connectivity index (χ1) is 21.7. The maximum absolute atomic E-state index is 11.0. The molecular formula is C24H42O18S4. The third-order valence-corrected chi connectivity index (χ3v) is 9.67. The molecule has 0 amide bonds. The van der Waals surface area contributed by atoms with Crippen molar-refractivity contribution in [3.63, 3.8) is 0 Å². The number of rotatable bonds is 12. The lowest BCUT2D eigenvalue weighted by atomic mass is 9.98. The van der Waals surface area contributed by atoms with Crippen molar-refractivity contribution in [3.8, 4) is 0 Å². The van der Waals surface area contributed by atoms with Gasteiger partial charge < -0.3 is 79.5 Å². The van der Waals surface area contributed by atoms with E-state index in [0.29, 0.717) is 0 Å². The molecule has 270 valence electrons. The van der Waals surface area contributed by atoms with E-state index in [1.54, 1.807) is 0 Å². The first kappa shape index (κ1) is 39.5. The predicted molar refractivity (Wildman–Crippen MR) is 162 cm³/mol. The zero-order valence-corrected chi connectivity index (χ0v) is 27.5. The molecule has 4 saturated heterocycles. The molecule has 4 aliphatic heterocycles. The van der Waals surface area contributed by atoms with Gasteiger partial charge in [-0.3, -0.25) is 0 Å². The van der Waals surface area contributed by atoms with Gasteiger partial charge >= 0.3 is 0 Å². The van der Waals surface area contributed by atoms with Crippen LogP contribution in [0.1, 0.15) is 0 Å². The van der Waals surface area contributed by atoms with Gasteiger partial charge in [0.05, 0.1) is 24.4 Å². The van der Waals surface area contributed by atoms with Crippen molar-refractivity contribution >= 4 is 50.5 Å². The van der Waals surface area contributed by atoms with Gasteiger partial charge in [0, 0.05) is 23.0 Å². The van der Waals surface area contributed by atoms with Crippen LogP contribution in [0.15, 0.2) is 0 Å². The van der Waals surface area contributed by atoms with E-state index in [0.717, 1.165) is 0 Å². The highest BCUT2D eigenvalue weighted by atomic mass is 32.1. The van der Waals surface area contributed by atoms with Crippen molar-refractivity contribution in [3.05, 3.63) is 0 Å². The zero-order valence-electron chi connectivity index (χ0n) is 24.0. The SMILES string of the molecule is OC1C(CS)OC(OC2OC(CS)C(O)C(OOCC3(OC4OC(CS)C(O)C(O)C4O)OC(CS)C(O)C3O)C2O)C(O)C1O. The van der Waals surface area contributed by atoms with Gasteiger partial charge in [-0.15, -0.1) is 0 Å². The van der Waals surface area contributed by atoms with Gasteiger partial charge in [-0.2, -0.15) is 50.5 Å². The van der Waals surface area contributed by atoms with Crippen LogP contribution >= 0.6 is 50.5 Å². The molecule has 22 heteroatoms. The summed E-state index contributed by atoms with van der Waals surface area (Å²) in [5, 5.41) is 105. The molecule has 10 N–H and O–H groups in total. The fraction of sp³-hybridized carbons (Fsp3) is 1.00. The largest absolute Gasteiger partial charge is 0.388 e. The summed E-state index contributed by atoms with van der Waals surface area (Å²) in [6.07, 6.45) is -28.2. The number of aliphatic hydroxyl groups excluding tert-OH is 10. The molecule has 0 aromatic rings. The molecule has 0 aromatic carbocycles. The number of hydrogen-bond donors (Lipinski definition) is 14. The molecule has 0 radical (unpaired) electrons. The van der Waals surface area contributed by atoms with Crippen LogP contribution in [0, 0.1) is 0 Å². The highest BCUT2D eigenvalue weighted by molar-refractivity contribution is 7.80. The Bertz CT molecular complexity index is 961. The monoisotopic (exact) mass is 746 g/mol. The minimum atomic E-state index is -2.36. The molecular weight excluding hydrogens is 705 g/mol. The fourth-order valence-electron chi connectivity index (χ4n) is 5.40. The lowest BCUT2D eigenvalue weighted by Gasteiger charge is -2.45. The Morgan fingerprint density at radius 3 is 1.46 bits per heavy atom. The molecule has 19 unspecified atom stereocenters. The molecule has 0 aliphatic carbocycles. The highest BCUT2D eigenvalue weighted by Gasteiger charge is 2.59. The van der Waals surface area contributed by atoms with Crippen molar-refractivity contribution in [2.24, 2.45) is 0 Å². The van der Waals surface area contributed by atoms with Crippen LogP contribution < -0.4 is 0 Å². The summed E-state index contributed by atoms with van der Waals surface area (Å²) in [6.45, 7) is -0.904. The molecule has 18 nitrogen and oxygen atoms in total. The third kappa shape index (κ3) is 7.93. The maximum atomic E-state index is 11.0. The van der Waals surface area contributed by atoms with E-state index in [1.165, 1.54) is 0 Å². The van der Waals surface area contributed by atoms with Gasteiger partial charge in [0.1, 0.15) is 67.6 Å². The topological polar surface area (TPSA) is 276 Å². The molecule has 19 atom stereocenters. The molecule has 4 aliphatic rings. The smallest absolute Gasteiger partial charge is 0.227 e. The van der Waals surface area contributed by atoms with Crippen molar-refractivity contribution in [2.45, 2.75) is 116 Å². The standard InChI is InChI=1S/C24H42O18S4/c25-10-6(1-43)36-21(16(31)14(10)29)39-22-18(33)19(12(27)8(3-45)37-22)42-35-5-24(20(34)13(28)9(4-46)40-24)41-23-17(32)15(30)11(26)7(2-44)38-23/h6-23,25-34,43-46H,1-5H2. The molecule has 4 heterocycles. The Morgan fingerprint density at radius 1 is 0.500 bits per heavy atom. The third-order valence-electron chi connectivity index (χ3n) is 8.23. The van der Waals surface area contributed by atoms with E-state index < -0.39 is 123 Å². The second kappa shape index (κ2) is 16.8. The van der Waals surface area contributed by atoms with E-state index in [4.69, 9.17) is 38.2 Å². The Kier molecular flexibility index (Phi) is 14.4. The minimum absolute atomic E-state index is 0.0608. The van der Waals surface area contributed by atoms with Crippen LogP contribution in [0.5, 0.6) is 0 Å². The summed E-state index contributed by atoms with van der Waals surface area (Å²) in [5.74, 6) is -2.77. The van der Waals surface area contributed by atoms with Crippen LogP contribution in [0.2, 0.25) is 0 Å². The second-order valence-corrected chi connectivity index (χ2v) is 12.7. The van der Waals surface area contributed by atoms with Gasteiger partial charge in [0.2, 0.25) is 5.79 Å². The summed E-state index contributed by atoms with van der Waals surface area (Å²) in [7, 11) is 0. The normalized spacial score (nSPS) is 51.8.